The molecule has 20 heavy (non-hydrogen) atoms. The third kappa shape index (κ3) is 1.91. The normalized spacial score (nSPS) is 13.4. The number of fused-ring (bicyclic) bond motifs is 3. The molecule has 1 unspecified atom stereocenters. The molecule has 104 valence electrons. The van der Waals surface area contributed by atoms with Crippen molar-refractivity contribution in [2.24, 2.45) is 0 Å². The van der Waals surface area contributed by atoms with Gasteiger partial charge in [-0.2, -0.15) is 0 Å². The van der Waals surface area contributed by atoms with Gasteiger partial charge in [0.15, 0.2) is 0 Å². The molecule has 0 fully saturated rings. The molecular weight excluding hydrogens is 272 g/mol. The third-order valence-electron chi connectivity index (χ3n) is 3.37. The van der Waals surface area contributed by atoms with E-state index in [9.17, 15) is 4.21 Å². The highest BCUT2D eigenvalue weighted by Gasteiger charge is 2.14. The molecule has 0 saturated heterocycles. The first-order valence-corrected chi connectivity index (χ1v) is 8.01. The maximum absolute atomic E-state index is 11.6. The van der Waals surface area contributed by atoms with Crippen LogP contribution in [0.2, 0.25) is 0 Å². The van der Waals surface area contributed by atoms with Crippen molar-refractivity contribution in [3.05, 3.63) is 24.2 Å². The Kier molecular flexibility index (Phi) is 3.05. The van der Waals surface area contributed by atoms with Gasteiger partial charge in [0, 0.05) is 23.9 Å². The zero-order chi connectivity index (χ0) is 14.4. The lowest BCUT2D eigenvalue weighted by molar-refractivity contribution is 0.618. The summed E-state index contributed by atoms with van der Waals surface area (Å²) in [5.41, 5.74) is 3.85. The van der Waals surface area contributed by atoms with E-state index in [1.54, 1.807) is 12.5 Å². The second-order valence-corrected chi connectivity index (χ2v) is 6.45. The maximum atomic E-state index is 11.6. The molecule has 0 amide bonds. The Morgan fingerprint density at radius 2 is 2.00 bits per heavy atom. The van der Waals surface area contributed by atoms with Crippen LogP contribution in [-0.2, 0) is 10.8 Å². The summed E-state index contributed by atoms with van der Waals surface area (Å²) in [6, 6.07) is 2.31. The predicted octanol–water partition coefficient (Wildman–Crippen LogP) is 2.61. The van der Waals surface area contributed by atoms with E-state index in [0.29, 0.717) is 5.16 Å². The van der Waals surface area contributed by atoms with Crippen molar-refractivity contribution >= 4 is 32.7 Å². The number of benzene rings is 1. The molecule has 0 aliphatic heterocycles. The largest absolute Gasteiger partial charge is 0.326 e. The summed E-state index contributed by atoms with van der Waals surface area (Å²) in [6.45, 7) is 6.25. The minimum absolute atomic E-state index is 0.288. The van der Waals surface area contributed by atoms with E-state index in [1.165, 1.54) is 0 Å². The third-order valence-corrected chi connectivity index (χ3v) is 4.08. The molecule has 0 bridgehead atoms. The quantitative estimate of drug-likeness (QED) is 0.680. The van der Waals surface area contributed by atoms with E-state index >= 15 is 0 Å². The number of hydrogen-bond donors (Lipinski definition) is 0. The fraction of sp³-hybridized carbons (Fsp3) is 0.357. The van der Waals surface area contributed by atoms with Crippen molar-refractivity contribution in [2.75, 3.05) is 6.26 Å². The zero-order valence-corrected chi connectivity index (χ0v) is 12.7. The monoisotopic (exact) mass is 288 g/mol. The van der Waals surface area contributed by atoms with Crippen molar-refractivity contribution in [3.63, 3.8) is 0 Å². The Hall–Kier alpha value is -1.82. The smallest absolute Gasteiger partial charge is 0.218 e. The molecule has 6 heteroatoms. The van der Waals surface area contributed by atoms with Gasteiger partial charge in [0.1, 0.15) is 5.52 Å². The highest BCUT2D eigenvalue weighted by atomic mass is 32.2. The molecule has 0 radical (unpaired) electrons. The lowest BCUT2D eigenvalue weighted by Crippen LogP contribution is -2.02. The number of hydrogen-bond acceptors (Lipinski definition) is 4. The highest BCUT2D eigenvalue weighted by molar-refractivity contribution is 7.84. The van der Waals surface area contributed by atoms with Gasteiger partial charge in [-0.05, 0) is 32.4 Å². The Morgan fingerprint density at radius 1 is 1.25 bits per heavy atom. The molecule has 0 saturated carbocycles. The van der Waals surface area contributed by atoms with Crippen LogP contribution in [0.25, 0.3) is 21.9 Å². The van der Waals surface area contributed by atoms with Crippen LogP contribution in [0.4, 0.5) is 0 Å². The lowest BCUT2D eigenvalue weighted by Gasteiger charge is -2.10. The van der Waals surface area contributed by atoms with E-state index in [2.05, 4.69) is 33.4 Å². The van der Waals surface area contributed by atoms with Gasteiger partial charge in [0.25, 0.3) is 0 Å². The van der Waals surface area contributed by atoms with Gasteiger partial charge in [0.2, 0.25) is 5.16 Å². The molecule has 3 rings (SSSR count). The Labute approximate surface area is 119 Å². The van der Waals surface area contributed by atoms with Crippen LogP contribution in [0.15, 0.2) is 23.7 Å². The number of imidazole rings is 1. The topological polar surface area (TPSA) is 60.7 Å². The predicted molar refractivity (Wildman–Crippen MR) is 80.3 cm³/mol. The van der Waals surface area contributed by atoms with Gasteiger partial charge in [-0.15, -0.1) is 0 Å². The summed E-state index contributed by atoms with van der Waals surface area (Å²) in [5, 5.41) is 1.31. The summed E-state index contributed by atoms with van der Waals surface area (Å²) in [7, 11) is -1.19. The van der Waals surface area contributed by atoms with Crippen LogP contribution in [0.5, 0.6) is 0 Å². The van der Waals surface area contributed by atoms with Crippen molar-refractivity contribution in [2.45, 2.75) is 32.0 Å². The molecule has 0 aliphatic rings. The second kappa shape index (κ2) is 4.63. The molecule has 5 nitrogen and oxygen atoms in total. The van der Waals surface area contributed by atoms with Gasteiger partial charge in [-0.3, -0.25) is 4.21 Å². The van der Waals surface area contributed by atoms with Crippen LogP contribution >= 0.6 is 0 Å². The Balaban J connectivity index is 2.50. The molecule has 2 heterocycles. The van der Waals surface area contributed by atoms with Crippen LogP contribution in [-0.4, -0.2) is 30.0 Å². The standard InChI is InChI=1S/C14H16N4OS/c1-8(2)18-7-16-11-9(3)5-10-6-15-14(20(4)19)17-12(10)13(11)18/h5-8H,1-4H3. The van der Waals surface area contributed by atoms with E-state index in [-0.39, 0.29) is 6.04 Å². The van der Waals surface area contributed by atoms with Crippen molar-refractivity contribution in [3.8, 4) is 0 Å². The van der Waals surface area contributed by atoms with E-state index < -0.39 is 10.8 Å². The summed E-state index contributed by atoms with van der Waals surface area (Å²) in [5.74, 6) is 0. The fourth-order valence-corrected chi connectivity index (χ4v) is 2.81. The highest BCUT2D eigenvalue weighted by Crippen LogP contribution is 2.28. The molecule has 3 aromatic rings. The SMILES string of the molecule is Cc1cc2cnc(S(C)=O)nc2c2c1ncn2C(C)C. The average molecular weight is 288 g/mol. The van der Waals surface area contributed by atoms with Gasteiger partial charge < -0.3 is 4.57 Å². The Bertz CT molecular complexity index is 838. The van der Waals surface area contributed by atoms with Crippen LogP contribution in [0.3, 0.4) is 0 Å². The summed E-state index contributed by atoms with van der Waals surface area (Å²) < 4.78 is 13.7. The minimum Gasteiger partial charge on any atom is -0.326 e. The van der Waals surface area contributed by atoms with Gasteiger partial charge in [0.05, 0.1) is 28.2 Å². The zero-order valence-electron chi connectivity index (χ0n) is 11.9. The molecule has 0 spiro atoms. The van der Waals surface area contributed by atoms with Crippen LogP contribution in [0.1, 0.15) is 25.5 Å². The summed E-state index contributed by atoms with van der Waals surface area (Å²) in [6.07, 6.45) is 5.17. The van der Waals surface area contributed by atoms with Gasteiger partial charge >= 0.3 is 0 Å². The first-order valence-electron chi connectivity index (χ1n) is 6.45. The minimum atomic E-state index is -1.19. The fourth-order valence-electron chi connectivity index (χ4n) is 2.39. The van der Waals surface area contributed by atoms with Gasteiger partial charge in [-0.25, -0.2) is 15.0 Å². The van der Waals surface area contributed by atoms with Crippen molar-refractivity contribution < 1.29 is 4.21 Å². The lowest BCUT2D eigenvalue weighted by atomic mass is 10.1. The first kappa shape index (κ1) is 13.2. The van der Waals surface area contributed by atoms with E-state index in [0.717, 1.165) is 27.5 Å². The molecule has 1 atom stereocenters. The van der Waals surface area contributed by atoms with E-state index in [4.69, 9.17) is 0 Å². The Morgan fingerprint density at radius 3 is 2.65 bits per heavy atom. The van der Waals surface area contributed by atoms with Crippen LogP contribution in [0, 0.1) is 6.92 Å². The second-order valence-electron chi connectivity index (χ2n) is 5.18. The molecule has 0 aliphatic carbocycles. The number of rotatable bonds is 2. The molecular formula is C14H16N4OS. The number of aromatic nitrogens is 4. The summed E-state index contributed by atoms with van der Waals surface area (Å²) >= 11 is 0. The first-order chi connectivity index (χ1) is 9.49. The average Bonchev–Trinajstić information content (AvgIpc) is 2.84. The van der Waals surface area contributed by atoms with Crippen molar-refractivity contribution in [1.82, 2.24) is 19.5 Å². The maximum Gasteiger partial charge on any atom is 0.218 e. The molecule has 0 N–H and O–H groups in total. The number of aryl methyl sites for hydroxylation is 1. The van der Waals surface area contributed by atoms with Crippen LogP contribution < -0.4 is 0 Å². The summed E-state index contributed by atoms with van der Waals surface area (Å²) in [4.78, 5) is 13.2. The van der Waals surface area contributed by atoms with E-state index in [1.807, 2.05) is 19.3 Å². The number of nitrogens with zero attached hydrogens (tertiary/aromatic N) is 4. The molecule has 2 aromatic heterocycles. The van der Waals surface area contributed by atoms with Gasteiger partial charge in [-0.1, -0.05) is 0 Å². The van der Waals surface area contributed by atoms with Crippen molar-refractivity contribution in [1.29, 1.82) is 0 Å². The molecule has 1 aromatic carbocycles.